The topological polar surface area (TPSA) is 63.1 Å². The fourth-order valence-electron chi connectivity index (χ4n) is 3.02. The van der Waals surface area contributed by atoms with E-state index in [9.17, 15) is 9.90 Å². The first-order chi connectivity index (χ1) is 9.94. The number of aliphatic carboxylic acids is 1. The van der Waals surface area contributed by atoms with E-state index in [-0.39, 0.29) is 16.6 Å². The normalized spacial score (nSPS) is 26.5. The molecule has 0 aliphatic heterocycles. The predicted molar refractivity (Wildman–Crippen MR) is 84.2 cm³/mol. The van der Waals surface area contributed by atoms with Gasteiger partial charge in [-0.05, 0) is 36.7 Å². The van der Waals surface area contributed by atoms with Crippen molar-refractivity contribution in [2.24, 2.45) is 17.3 Å². The Labute approximate surface area is 130 Å². The van der Waals surface area contributed by atoms with Crippen LogP contribution in [0.1, 0.15) is 46.5 Å². The zero-order valence-electron chi connectivity index (χ0n) is 13.0. The molecule has 3 unspecified atom stereocenters. The van der Waals surface area contributed by atoms with Gasteiger partial charge in [0.25, 0.3) is 0 Å². The van der Waals surface area contributed by atoms with Crippen molar-refractivity contribution in [3.63, 3.8) is 0 Å². The van der Waals surface area contributed by atoms with Crippen LogP contribution >= 0.6 is 11.8 Å². The van der Waals surface area contributed by atoms with Gasteiger partial charge < -0.3 is 5.11 Å². The third kappa shape index (κ3) is 3.96. The van der Waals surface area contributed by atoms with E-state index in [0.29, 0.717) is 11.1 Å². The molecule has 116 valence electrons. The molecule has 1 aromatic rings. The van der Waals surface area contributed by atoms with Gasteiger partial charge in [0.05, 0.1) is 5.92 Å². The Morgan fingerprint density at radius 2 is 2.05 bits per heavy atom. The molecule has 5 heteroatoms. The van der Waals surface area contributed by atoms with Crippen LogP contribution in [0.25, 0.3) is 0 Å². The smallest absolute Gasteiger partial charge is 0.307 e. The van der Waals surface area contributed by atoms with E-state index in [1.807, 2.05) is 0 Å². The highest BCUT2D eigenvalue weighted by Gasteiger charge is 2.40. The molecule has 0 aromatic carbocycles. The summed E-state index contributed by atoms with van der Waals surface area (Å²) in [6, 6.07) is 1.78. The minimum absolute atomic E-state index is 0.0643. The summed E-state index contributed by atoms with van der Waals surface area (Å²) in [5, 5.41) is 10.2. The zero-order valence-corrected chi connectivity index (χ0v) is 13.8. The molecule has 0 saturated heterocycles. The standard InChI is InChI=1S/C16H24N2O2S/c1-4-16(2,3)11-6-7-12(14(19)20)13(10-11)21-15-17-8-5-9-18-15/h5,8-9,11-13H,4,6-7,10H2,1-3H3,(H,19,20). The summed E-state index contributed by atoms with van der Waals surface area (Å²) < 4.78 is 0. The molecule has 1 aliphatic carbocycles. The molecule has 4 nitrogen and oxygen atoms in total. The van der Waals surface area contributed by atoms with Crippen LogP contribution in [0.3, 0.4) is 0 Å². The molecule has 0 amide bonds. The lowest BCUT2D eigenvalue weighted by atomic mass is 9.67. The number of hydrogen-bond acceptors (Lipinski definition) is 4. The molecule has 1 saturated carbocycles. The molecule has 3 atom stereocenters. The quantitative estimate of drug-likeness (QED) is 0.836. The Morgan fingerprint density at radius 1 is 1.38 bits per heavy atom. The maximum absolute atomic E-state index is 11.5. The Morgan fingerprint density at radius 3 is 2.62 bits per heavy atom. The molecule has 0 bridgehead atoms. The first-order valence-electron chi connectivity index (χ1n) is 7.60. The van der Waals surface area contributed by atoms with Crippen LogP contribution in [-0.2, 0) is 4.79 Å². The summed E-state index contributed by atoms with van der Waals surface area (Å²) in [6.07, 6.45) is 7.23. The number of aromatic nitrogens is 2. The van der Waals surface area contributed by atoms with E-state index in [2.05, 4.69) is 30.7 Å². The van der Waals surface area contributed by atoms with Crippen LogP contribution in [0.4, 0.5) is 0 Å². The van der Waals surface area contributed by atoms with Crippen molar-refractivity contribution in [3.05, 3.63) is 18.5 Å². The molecule has 1 aromatic heterocycles. The van der Waals surface area contributed by atoms with Gasteiger partial charge in [-0.25, -0.2) is 9.97 Å². The minimum atomic E-state index is -0.684. The van der Waals surface area contributed by atoms with Gasteiger partial charge in [0, 0.05) is 17.6 Å². The van der Waals surface area contributed by atoms with Crippen molar-refractivity contribution >= 4 is 17.7 Å². The maximum Gasteiger partial charge on any atom is 0.307 e. The molecular formula is C16H24N2O2S. The fraction of sp³-hybridized carbons (Fsp3) is 0.688. The largest absolute Gasteiger partial charge is 0.481 e. The Kier molecular flexibility index (Phi) is 5.25. The maximum atomic E-state index is 11.5. The van der Waals surface area contributed by atoms with E-state index in [1.165, 1.54) is 11.8 Å². The van der Waals surface area contributed by atoms with Gasteiger partial charge in [-0.2, -0.15) is 0 Å². The van der Waals surface area contributed by atoms with Crippen molar-refractivity contribution in [3.8, 4) is 0 Å². The van der Waals surface area contributed by atoms with E-state index < -0.39 is 5.97 Å². The lowest BCUT2D eigenvalue weighted by Crippen LogP contribution is -2.38. The monoisotopic (exact) mass is 308 g/mol. The second-order valence-electron chi connectivity index (χ2n) is 6.48. The molecule has 1 N–H and O–H groups in total. The second kappa shape index (κ2) is 6.77. The SMILES string of the molecule is CCC(C)(C)C1CCC(C(=O)O)C(Sc2ncccn2)C1. The van der Waals surface area contributed by atoms with Gasteiger partial charge in [-0.1, -0.05) is 39.0 Å². The van der Waals surface area contributed by atoms with Crippen LogP contribution in [0.5, 0.6) is 0 Å². The molecule has 2 rings (SSSR count). The molecular weight excluding hydrogens is 284 g/mol. The summed E-state index contributed by atoms with van der Waals surface area (Å²) in [4.78, 5) is 20.0. The highest BCUT2D eigenvalue weighted by atomic mass is 32.2. The number of hydrogen-bond donors (Lipinski definition) is 1. The molecule has 1 heterocycles. The summed E-state index contributed by atoms with van der Waals surface area (Å²) in [5.74, 6) is -0.404. The zero-order chi connectivity index (χ0) is 15.5. The first kappa shape index (κ1) is 16.3. The van der Waals surface area contributed by atoms with Gasteiger partial charge >= 0.3 is 5.97 Å². The highest BCUT2D eigenvalue weighted by Crippen LogP contribution is 2.46. The van der Waals surface area contributed by atoms with Crippen LogP contribution in [-0.4, -0.2) is 26.3 Å². The van der Waals surface area contributed by atoms with Crippen LogP contribution in [0, 0.1) is 17.3 Å². The average molecular weight is 308 g/mol. The fourth-order valence-corrected chi connectivity index (χ4v) is 4.28. The number of carboxylic acid groups (broad SMARTS) is 1. The Bertz CT molecular complexity index is 478. The minimum Gasteiger partial charge on any atom is -0.481 e. The lowest BCUT2D eigenvalue weighted by Gasteiger charge is -2.41. The van der Waals surface area contributed by atoms with Gasteiger partial charge in [-0.3, -0.25) is 4.79 Å². The molecule has 1 aliphatic rings. The number of carbonyl (C=O) groups is 1. The van der Waals surface area contributed by atoms with Crippen molar-refractivity contribution < 1.29 is 9.90 Å². The van der Waals surface area contributed by atoms with Crippen LogP contribution < -0.4 is 0 Å². The van der Waals surface area contributed by atoms with E-state index in [4.69, 9.17) is 0 Å². The number of rotatable bonds is 5. The lowest BCUT2D eigenvalue weighted by molar-refractivity contribution is -0.143. The molecule has 0 spiro atoms. The van der Waals surface area contributed by atoms with E-state index >= 15 is 0 Å². The van der Waals surface area contributed by atoms with Gasteiger partial charge in [0.2, 0.25) is 0 Å². The van der Waals surface area contributed by atoms with Gasteiger partial charge in [-0.15, -0.1) is 0 Å². The molecule has 0 radical (unpaired) electrons. The average Bonchev–Trinajstić information content (AvgIpc) is 2.48. The summed E-state index contributed by atoms with van der Waals surface area (Å²) >= 11 is 1.53. The van der Waals surface area contributed by atoms with Crippen LogP contribution in [0.2, 0.25) is 0 Å². The number of thioether (sulfide) groups is 1. The Balaban J connectivity index is 2.14. The van der Waals surface area contributed by atoms with Gasteiger partial charge in [0.15, 0.2) is 5.16 Å². The van der Waals surface area contributed by atoms with E-state index in [0.717, 1.165) is 25.7 Å². The van der Waals surface area contributed by atoms with Crippen molar-refractivity contribution in [2.75, 3.05) is 0 Å². The van der Waals surface area contributed by atoms with Crippen molar-refractivity contribution in [1.29, 1.82) is 0 Å². The third-order valence-corrected chi connectivity index (χ3v) is 6.17. The van der Waals surface area contributed by atoms with Crippen molar-refractivity contribution in [2.45, 2.75) is 56.9 Å². The second-order valence-corrected chi connectivity index (χ2v) is 7.69. The van der Waals surface area contributed by atoms with E-state index in [1.54, 1.807) is 18.5 Å². The summed E-state index contributed by atoms with van der Waals surface area (Å²) in [7, 11) is 0. The van der Waals surface area contributed by atoms with Crippen LogP contribution in [0.15, 0.2) is 23.6 Å². The van der Waals surface area contributed by atoms with Crippen molar-refractivity contribution in [1.82, 2.24) is 9.97 Å². The number of nitrogens with zero attached hydrogens (tertiary/aromatic N) is 2. The summed E-state index contributed by atoms with van der Waals surface area (Å²) in [6.45, 7) is 6.80. The Hall–Kier alpha value is -1.10. The predicted octanol–water partition coefficient (Wildman–Crippen LogP) is 3.87. The first-order valence-corrected chi connectivity index (χ1v) is 8.48. The molecule has 21 heavy (non-hydrogen) atoms. The molecule has 1 fully saturated rings. The summed E-state index contributed by atoms with van der Waals surface area (Å²) in [5.41, 5.74) is 0.264. The van der Waals surface area contributed by atoms with Gasteiger partial charge in [0.1, 0.15) is 0 Å². The highest BCUT2D eigenvalue weighted by molar-refractivity contribution is 7.99. The number of carboxylic acids is 1. The third-order valence-electron chi connectivity index (χ3n) is 4.92.